The summed E-state index contributed by atoms with van der Waals surface area (Å²) in [5, 5.41) is 0. The molecule has 3 aromatic rings. The van der Waals surface area contributed by atoms with Crippen LogP contribution in [0, 0.1) is 25.2 Å². The molecule has 1 N–H and O–H groups in total. The van der Waals surface area contributed by atoms with Crippen molar-refractivity contribution in [2.45, 2.75) is 76.7 Å². The fourth-order valence-electron chi connectivity index (χ4n) is 6.36. The zero-order chi connectivity index (χ0) is 28.8. The molecule has 1 amide bonds. The second-order valence-electron chi connectivity index (χ2n) is 12.2. The number of carbonyl (C=O) groups is 1. The van der Waals surface area contributed by atoms with Crippen molar-refractivity contribution in [1.29, 1.82) is 0 Å². The number of rotatable bonds is 2. The van der Waals surface area contributed by atoms with Crippen molar-refractivity contribution in [1.82, 2.24) is 14.9 Å². The molecule has 0 unspecified atom stereocenters. The van der Waals surface area contributed by atoms with E-state index in [4.69, 9.17) is 4.74 Å². The van der Waals surface area contributed by atoms with Crippen LogP contribution in [0.5, 0.6) is 5.88 Å². The summed E-state index contributed by atoms with van der Waals surface area (Å²) in [6, 6.07) is 14.2. The molecule has 0 saturated heterocycles. The standard InChI is InChI=1S/C32H38N4O4S/c1-21-12-17-36(25-10-13-32(14-11-25)15-16-32)30(37)24-8-5-9-26(18-24)41(38,39)35-31-33-27(19-28(34-31)40-20-21)29-22(2)6-4-7-23(29)3/h4-9,18-19,21,25H,10-17,20H2,1-3H3,(H,33,34,35)/t21-/m1/s1. The van der Waals surface area contributed by atoms with E-state index in [0.717, 1.165) is 48.8 Å². The van der Waals surface area contributed by atoms with Crippen molar-refractivity contribution in [3.05, 3.63) is 65.2 Å². The number of benzene rings is 2. The number of carbonyl (C=O) groups excluding carboxylic acids is 1. The lowest BCUT2D eigenvalue weighted by molar-refractivity contribution is 0.0578. The molecule has 2 aromatic carbocycles. The Kier molecular flexibility index (Phi) is 7.26. The molecule has 8 nitrogen and oxygen atoms in total. The summed E-state index contributed by atoms with van der Waals surface area (Å²) in [6.07, 6.45) is 7.71. The topological polar surface area (TPSA) is 101 Å². The molecule has 2 saturated carbocycles. The maximum atomic E-state index is 13.9. The highest BCUT2D eigenvalue weighted by molar-refractivity contribution is 7.92. The quantitative estimate of drug-likeness (QED) is 0.394. The lowest BCUT2D eigenvalue weighted by atomic mass is 9.82. The number of hydrogen-bond acceptors (Lipinski definition) is 6. The van der Waals surface area contributed by atoms with Gasteiger partial charge in [-0.25, -0.2) is 18.1 Å². The number of nitrogens with one attached hydrogen (secondary N) is 1. The minimum Gasteiger partial charge on any atom is -0.477 e. The third kappa shape index (κ3) is 5.82. The molecular weight excluding hydrogens is 536 g/mol. The molecule has 216 valence electrons. The number of aromatic nitrogens is 2. The lowest BCUT2D eigenvalue weighted by Crippen LogP contribution is -2.43. The predicted octanol–water partition coefficient (Wildman–Crippen LogP) is 6.14. The monoisotopic (exact) mass is 574 g/mol. The summed E-state index contributed by atoms with van der Waals surface area (Å²) in [5.74, 6) is 0.271. The number of anilines is 1. The minimum absolute atomic E-state index is 0.00402. The molecule has 1 aliphatic heterocycles. The van der Waals surface area contributed by atoms with Gasteiger partial charge < -0.3 is 9.64 Å². The highest BCUT2D eigenvalue weighted by atomic mass is 32.2. The van der Waals surface area contributed by atoms with Crippen LogP contribution in [0.25, 0.3) is 11.3 Å². The summed E-state index contributed by atoms with van der Waals surface area (Å²) >= 11 is 0. The van der Waals surface area contributed by atoms with Gasteiger partial charge in [0.05, 0.1) is 17.2 Å². The molecule has 3 aliphatic rings. The summed E-state index contributed by atoms with van der Waals surface area (Å²) in [7, 11) is -4.08. The van der Waals surface area contributed by atoms with Crippen molar-refractivity contribution in [3.8, 4) is 17.1 Å². The van der Waals surface area contributed by atoms with E-state index in [1.165, 1.54) is 25.0 Å². The highest BCUT2D eigenvalue weighted by Crippen LogP contribution is 2.56. The SMILES string of the molecule is Cc1cccc(C)c1-c1cc2nc(n1)NS(=O)(=O)c1cccc(c1)C(=O)N(C1CCC3(CC1)CC3)CC[C@@H](C)CO2. The van der Waals surface area contributed by atoms with E-state index in [-0.39, 0.29) is 28.7 Å². The van der Waals surface area contributed by atoms with Crippen LogP contribution in [0.1, 0.15) is 73.4 Å². The maximum Gasteiger partial charge on any atom is 0.264 e. The van der Waals surface area contributed by atoms with Crippen LogP contribution in [0.4, 0.5) is 5.95 Å². The zero-order valence-electron chi connectivity index (χ0n) is 24.0. The van der Waals surface area contributed by atoms with E-state index in [9.17, 15) is 13.2 Å². The van der Waals surface area contributed by atoms with Gasteiger partial charge in [-0.05, 0) is 99.5 Å². The molecule has 2 heterocycles. The van der Waals surface area contributed by atoms with Crippen LogP contribution < -0.4 is 9.46 Å². The molecule has 0 radical (unpaired) electrons. The van der Waals surface area contributed by atoms with Gasteiger partial charge in [-0.15, -0.1) is 0 Å². The Morgan fingerprint density at radius 1 is 0.951 bits per heavy atom. The fourth-order valence-corrected chi connectivity index (χ4v) is 7.35. The molecule has 6 rings (SSSR count). The van der Waals surface area contributed by atoms with Gasteiger partial charge in [0.15, 0.2) is 0 Å². The second kappa shape index (κ2) is 10.7. The first-order valence-electron chi connectivity index (χ1n) is 14.6. The summed E-state index contributed by atoms with van der Waals surface area (Å²) < 4.78 is 35.8. The number of sulfonamides is 1. The number of ether oxygens (including phenoxy) is 1. The molecule has 2 aliphatic carbocycles. The van der Waals surface area contributed by atoms with E-state index in [2.05, 4.69) is 21.6 Å². The van der Waals surface area contributed by atoms with Crippen molar-refractivity contribution in [2.24, 2.45) is 11.3 Å². The lowest BCUT2D eigenvalue weighted by Gasteiger charge is -2.38. The minimum atomic E-state index is -4.08. The van der Waals surface area contributed by atoms with Crippen LogP contribution in [0.15, 0.2) is 53.4 Å². The van der Waals surface area contributed by atoms with Crippen LogP contribution in [-0.2, 0) is 10.0 Å². The number of nitrogens with zero attached hydrogens (tertiary/aromatic N) is 3. The Hall–Kier alpha value is -3.46. The largest absolute Gasteiger partial charge is 0.477 e. The normalized spacial score (nSPS) is 22.3. The Morgan fingerprint density at radius 3 is 2.37 bits per heavy atom. The van der Waals surface area contributed by atoms with Gasteiger partial charge in [0.2, 0.25) is 11.8 Å². The zero-order valence-corrected chi connectivity index (χ0v) is 24.8. The van der Waals surface area contributed by atoms with Crippen molar-refractivity contribution in [3.63, 3.8) is 0 Å². The van der Waals surface area contributed by atoms with Gasteiger partial charge in [-0.1, -0.05) is 31.2 Å². The van der Waals surface area contributed by atoms with Gasteiger partial charge in [-0.2, -0.15) is 4.98 Å². The average molecular weight is 575 g/mol. The first-order chi connectivity index (χ1) is 19.6. The average Bonchev–Trinajstić information content (AvgIpc) is 3.70. The van der Waals surface area contributed by atoms with Gasteiger partial charge in [0.1, 0.15) is 0 Å². The molecule has 1 spiro atoms. The predicted molar refractivity (Wildman–Crippen MR) is 158 cm³/mol. The molecule has 4 bridgehead atoms. The Balaban J connectivity index is 1.37. The van der Waals surface area contributed by atoms with Gasteiger partial charge in [0, 0.05) is 29.8 Å². The number of hydrogen-bond donors (Lipinski definition) is 1. The van der Waals surface area contributed by atoms with E-state index in [0.29, 0.717) is 35.7 Å². The second-order valence-corrected chi connectivity index (χ2v) is 13.9. The molecule has 1 aromatic heterocycles. The summed E-state index contributed by atoms with van der Waals surface area (Å²) in [5.41, 5.74) is 4.43. The molecule has 41 heavy (non-hydrogen) atoms. The smallest absolute Gasteiger partial charge is 0.264 e. The maximum absolute atomic E-state index is 13.9. The first kappa shape index (κ1) is 27.7. The van der Waals surface area contributed by atoms with Gasteiger partial charge in [-0.3, -0.25) is 4.79 Å². The Morgan fingerprint density at radius 2 is 1.66 bits per heavy atom. The third-order valence-corrected chi connectivity index (χ3v) is 10.4. The van der Waals surface area contributed by atoms with Crippen LogP contribution >= 0.6 is 0 Å². The molecule has 9 heteroatoms. The van der Waals surface area contributed by atoms with Crippen LogP contribution in [0.2, 0.25) is 0 Å². The van der Waals surface area contributed by atoms with Gasteiger partial charge >= 0.3 is 0 Å². The number of amides is 1. The fraction of sp³-hybridized carbons (Fsp3) is 0.469. The highest BCUT2D eigenvalue weighted by Gasteiger charge is 2.46. The molecule has 2 fully saturated rings. The number of aryl methyl sites for hydroxylation is 2. The molecule has 1 atom stereocenters. The van der Waals surface area contributed by atoms with E-state index >= 15 is 0 Å². The summed E-state index contributed by atoms with van der Waals surface area (Å²) in [6.45, 7) is 7.09. The van der Waals surface area contributed by atoms with Crippen LogP contribution in [-0.4, -0.2) is 48.4 Å². The van der Waals surface area contributed by atoms with Gasteiger partial charge in [0.25, 0.3) is 15.9 Å². The van der Waals surface area contributed by atoms with Crippen molar-refractivity contribution in [2.75, 3.05) is 17.9 Å². The molecular formula is C32H38N4O4S. The number of fused-ring (bicyclic) bond motifs is 4. The first-order valence-corrected chi connectivity index (χ1v) is 16.1. The summed E-state index contributed by atoms with van der Waals surface area (Å²) in [4.78, 5) is 24.9. The van der Waals surface area contributed by atoms with Crippen LogP contribution in [0.3, 0.4) is 0 Å². The Labute approximate surface area is 242 Å². The van der Waals surface area contributed by atoms with Crippen molar-refractivity contribution < 1.29 is 17.9 Å². The van der Waals surface area contributed by atoms with E-state index in [1.807, 2.05) is 36.9 Å². The third-order valence-electron chi connectivity index (χ3n) is 9.11. The Bertz CT molecular complexity index is 1550. The van der Waals surface area contributed by atoms with E-state index in [1.54, 1.807) is 18.2 Å². The van der Waals surface area contributed by atoms with E-state index < -0.39 is 10.0 Å². The van der Waals surface area contributed by atoms with Crippen molar-refractivity contribution >= 4 is 21.9 Å².